The van der Waals surface area contributed by atoms with E-state index in [2.05, 4.69) is 35.2 Å². The van der Waals surface area contributed by atoms with Gasteiger partial charge in [-0.1, -0.05) is 11.6 Å². The van der Waals surface area contributed by atoms with E-state index in [0.29, 0.717) is 31.4 Å². The van der Waals surface area contributed by atoms with Crippen molar-refractivity contribution in [3.05, 3.63) is 59.7 Å². The molecule has 1 aromatic carbocycles. The highest BCUT2D eigenvalue weighted by Crippen LogP contribution is 2.52. The summed E-state index contributed by atoms with van der Waals surface area (Å²) < 4.78 is 5.22. The molecule has 2 aromatic rings. The molecule has 2 aliphatic rings. The normalized spacial score (nSPS) is 23.8. The second-order valence-electron chi connectivity index (χ2n) is 9.12. The minimum Gasteiger partial charge on any atom is -0.497 e. The Morgan fingerprint density at radius 2 is 2.06 bits per heavy atom. The molecular weight excluding hydrogens is 404 g/mol. The molecule has 2 saturated heterocycles. The van der Waals surface area contributed by atoms with Crippen LogP contribution in [0.1, 0.15) is 55.6 Å². The summed E-state index contributed by atoms with van der Waals surface area (Å²) in [7, 11) is 1.61. The number of amides is 2. The molecule has 1 aromatic heterocycles. The molecule has 7 heteroatoms. The van der Waals surface area contributed by atoms with Gasteiger partial charge in [0.25, 0.3) is 5.91 Å². The molecule has 32 heavy (non-hydrogen) atoms. The van der Waals surface area contributed by atoms with Crippen molar-refractivity contribution in [2.45, 2.75) is 58.0 Å². The van der Waals surface area contributed by atoms with Crippen molar-refractivity contribution < 1.29 is 14.3 Å². The number of nitrogens with zero attached hydrogens (tertiary/aromatic N) is 2. The molecule has 2 amide bonds. The standard InChI is InChI=1S/C25H32N4O3/c1-17(2)10-12-25(24(31)27-13-11-19-15-26-16-28-19)14-20-6-9-22(25)29(20)23(30)18-4-7-21(32-3)8-5-18/h4-5,7-8,10,15-16,20,22H,6,9,11-14H2,1-3H3,(H,26,28)(H,27,31)/t20-,22+,25+/m1/s1. The Morgan fingerprint density at radius 1 is 1.28 bits per heavy atom. The largest absolute Gasteiger partial charge is 0.497 e. The third-order valence-electron chi connectivity index (χ3n) is 6.87. The average molecular weight is 437 g/mol. The Labute approximate surface area is 189 Å². The highest BCUT2D eigenvalue weighted by atomic mass is 16.5. The van der Waals surface area contributed by atoms with Crippen molar-refractivity contribution in [1.82, 2.24) is 20.2 Å². The first-order chi connectivity index (χ1) is 15.4. The predicted molar refractivity (Wildman–Crippen MR) is 122 cm³/mol. The fraction of sp³-hybridized carbons (Fsp3) is 0.480. The highest BCUT2D eigenvalue weighted by molar-refractivity contribution is 5.96. The number of H-pyrrole nitrogens is 1. The number of hydrogen-bond donors (Lipinski definition) is 2. The molecule has 4 rings (SSSR count). The van der Waals surface area contributed by atoms with E-state index in [1.165, 1.54) is 5.57 Å². The predicted octanol–water partition coefficient (Wildman–Crippen LogP) is 3.50. The Balaban J connectivity index is 1.54. The van der Waals surface area contributed by atoms with E-state index in [1.807, 2.05) is 17.0 Å². The lowest BCUT2D eigenvalue weighted by atomic mass is 9.70. The van der Waals surface area contributed by atoms with E-state index in [4.69, 9.17) is 4.74 Å². The molecule has 2 fully saturated rings. The number of aromatic nitrogens is 2. The van der Waals surface area contributed by atoms with Crippen LogP contribution in [0, 0.1) is 5.41 Å². The molecule has 3 atom stereocenters. The Bertz CT molecular complexity index is 979. The number of methoxy groups -OCH3 is 1. The number of carbonyl (C=O) groups is 2. The van der Waals surface area contributed by atoms with Crippen LogP contribution in [0.3, 0.4) is 0 Å². The number of nitrogens with one attached hydrogen (secondary N) is 2. The van der Waals surface area contributed by atoms with Crippen molar-refractivity contribution in [3.8, 4) is 5.75 Å². The van der Waals surface area contributed by atoms with Crippen molar-refractivity contribution >= 4 is 11.8 Å². The minimum atomic E-state index is -0.587. The maximum atomic E-state index is 13.6. The summed E-state index contributed by atoms with van der Waals surface area (Å²) in [5.74, 6) is 0.777. The zero-order valence-corrected chi connectivity index (χ0v) is 19.1. The van der Waals surface area contributed by atoms with Gasteiger partial charge in [0, 0.05) is 42.5 Å². The number of ether oxygens (including phenoxy) is 1. The van der Waals surface area contributed by atoms with Gasteiger partial charge in [0.2, 0.25) is 5.91 Å². The van der Waals surface area contributed by atoms with Gasteiger partial charge in [0.15, 0.2) is 0 Å². The number of fused-ring (bicyclic) bond motifs is 2. The van der Waals surface area contributed by atoms with Crippen LogP contribution in [0.2, 0.25) is 0 Å². The van der Waals surface area contributed by atoms with E-state index in [1.54, 1.807) is 31.8 Å². The summed E-state index contributed by atoms with van der Waals surface area (Å²) in [6, 6.07) is 7.24. The molecule has 0 saturated carbocycles. The molecule has 170 valence electrons. The first kappa shape index (κ1) is 22.1. The van der Waals surface area contributed by atoms with Crippen LogP contribution >= 0.6 is 0 Å². The van der Waals surface area contributed by atoms with E-state index in [9.17, 15) is 9.59 Å². The summed E-state index contributed by atoms with van der Waals surface area (Å²) in [5.41, 5.74) is 2.23. The average Bonchev–Trinajstić information content (AvgIpc) is 3.53. The lowest BCUT2D eigenvalue weighted by molar-refractivity contribution is -0.132. The fourth-order valence-corrected chi connectivity index (χ4v) is 5.22. The Kier molecular flexibility index (Phi) is 6.35. The Hall–Kier alpha value is -3.09. The smallest absolute Gasteiger partial charge is 0.254 e. The van der Waals surface area contributed by atoms with Crippen LogP contribution in [0.4, 0.5) is 0 Å². The van der Waals surface area contributed by atoms with Crippen LogP contribution in [0.25, 0.3) is 0 Å². The molecular formula is C25H32N4O3. The zero-order chi connectivity index (χ0) is 22.7. The number of benzene rings is 1. The second kappa shape index (κ2) is 9.18. The third-order valence-corrected chi connectivity index (χ3v) is 6.87. The number of rotatable bonds is 8. The zero-order valence-electron chi connectivity index (χ0n) is 19.1. The first-order valence-electron chi connectivity index (χ1n) is 11.3. The van der Waals surface area contributed by atoms with Gasteiger partial charge in [-0.25, -0.2) is 4.98 Å². The van der Waals surface area contributed by atoms with Crippen molar-refractivity contribution in [2.24, 2.45) is 5.41 Å². The van der Waals surface area contributed by atoms with Crippen molar-refractivity contribution in [2.75, 3.05) is 13.7 Å². The van der Waals surface area contributed by atoms with Crippen molar-refractivity contribution in [3.63, 3.8) is 0 Å². The fourth-order valence-electron chi connectivity index (χ4n) is 5.22. The van der Waals surface area contributed by atoms with Crippen LogP contribution in [0.5, 0.6) is 5.75 Å². The molecule has 7 nitrogen and oxygen atoms in total. The topological polar surface area (TPSA) is 87.3 Å². The first-order valence-corrected chi connectivity index (χ1v) is 11.3. The van der Waals surface area contributed by atoms with E-state index in [0.717, 1.165) is 24.3 Å². The second-order valence-corrected chi connectivity index (χ2v) is 9.12. The van der Waals surface area contributed by atoms with Crippen LogP contribution in [-0.2, 0) is 11.2 Å². The summed E-state index contributed by atoms with van der Waals surface area (Å²) >= 11 is 0. The lowest BCUT2D eigenvalue weighted by Crippen LogP contribution is -2.50. The summed E-state index contributed by atoms with van der Waals surface area (Å²) in [5, 5.41) is 3.16. The molecule has 3 heterocycles. The maximum absolute atomic E-state index is 13.6. The molecule has 0 radical (unpaired) electrons. The minimum absolute atomic E-state index is 0.00416. The van der Waals surface area contributed by atoms with Gasteiger partial charge < -0.3 is 19.9 Å². The van der Waals surface area contributed by atoms with Gasteiger partial charge in [0.05, 0.1) is 18.9 Å². The van der Waals surface area contributed by atoms with Crippen LogP contribution in [-0.4, -0.2) is 52.4 Å². The van der Waals surface area contributed by atoms with Crippen LogP contribution < -0.4 is 10.1 Å². The van der Waals surface area contributed by atoms with Crippen LogP contribution in [0.15, 0.2) is 48.4 Å². The number of imidazole rings is 1. The van der Waals surface area contributed by atoms with E-state index < -0.39 is 5.41 Å². The lowest BCUT2D eigenvalue weighted by Gasteiger charge is -2.35. The number of allylic oxidation sites excluding steroid dienone is 2. The van der Waals surface area contributed by atoms with E-state index >= 15 is 0 Å². The van der Waals surface area contributed by atoms with E-state index in [-0.39, 0.29) is 23.9 Å². The molecule has 2 N–H and O–H groups in total. The Morgan fingerprint density at radius 3 is 2.72 bits per heavy atom. The van der Waals surface area contributed by atoms with Gasteiger partial charge in [0.1, 0.15) is 5.75 Å². The molecule has 0 spiro atoms. The monoisotopic (exact) mass is 436 g/mol. The SMILES string of the molecule is COc1ccc(C(=O)N2[C@@H]3CC[C@H]2[C@@](CC=C(C)C)(C(=O)NCCc2cnc[nH]2)C3)cc1. The number of hydrogen-bond acceptors (Lipinski definition) is 4. The molecule has 2 bridgehead atoms. The summed E-state index contributed by atoms with van der Waals surface area (Å²) in [6.45, 7) is 4.65. The summed E-state index contributed by atoms with van der Waals surface area (Å²) in [4.78, 5) is 36.1. The van der Waals surface area contributed by atoms with Crippen molar-refractivity contribution in [1.29, 1.82) is 0 Å². The number of aromatic amines is 1. The molecule has 0 aliphatic carbocycles. The van der Waals surface area contributed by atoms with Gasteiger partial charge >= 0.3 is 0 Å². The summed E-state index contributed by atoms with van der Waals surface area (Å²) in [6.07, 6.45) is 9.43. The molecule has 0 unspecified atom stereocenters. The quantitative estimate of drug-likeness (QED) is 0.620. The van der Waals surface area contributed by atoms with Gasteiger partial charge in [-0.05, 0) is 63.8 Å². The van der Waals surface area contributed by atoms with Gasteiger partial charge in [-0.2, -0.15) is 0 Å². The molecule has 2 aliphatic heterocycles. The van der Waals surface area contributed by atoms with Gasteiger partial charge in [-0.3, -0.25) is 9.59 Å². The highest BCUT2D eigenvalue weighted by Gasteiger charge is 2.60. The maximum Gasteiger partial charge on any atom is 0.254 e. The number of carbonyl (C=O) groups excluding carboxylic acids is 2. The third kappa shape index (κ3) is 4.16. The van der Waals surface area contributed by atoms with Gasteiger partial charge in [-0.15, -0.1) is 0 Å².